The molecule has 0 spiro atoms. The number of hydrogen-bond donors (Lipinski definition) is 0. The number of hydrogen-bond acceptors (Lipinski definition) is 2. The van der Waals surface area contributed by atoms with E-state index in [0.717, 1.165) is 11.3 Å². The molecule has 1 fully saturated rings. The first kappa shape index (κ1) is 14.7. The van der Waals surface area contributed by atoms with E-state index in [1.807, 2.05) is 67.6 Å². The van der Waals surface area contributed by atoms with E-state index in [4.69, 9.17) is 0 Å². The Hall–Kier alpha value is -2.87. The van der Waals surface area contributed by atoms with Gasteiger partial charge in [-0.05, 0) is 24.6 Å². The van der Waals surface area contributed by atoms with Crippen LogP contribution in [0.1, 0.15) is 27.5 Å². The van der Waals surface area contributed by atoms with Crippen molar-refractivity contribution < 1.29 is 4.79 Å². The van der Waals surface area contributed by atoms with Crippen LogP contribution in [0.3, 0.4) is 0 Å². The van der Waals surface area contributed by atoms with Crippen LogP contribution in [0.5, 0.6) is 0 Å². The average molecular weight is 313 g/mol. The highest BCUT2D eigenvalue weighted by atomic mass is 16.1. The maximum Gasteiger partial charge on any atom is 0.187 e. The van der Waals surface area contributed by atoms with Crippen molar-refractivity contribution in [1.29, 1.82) is 0 Å². The molecular formula is C22H19NO. The van der Waals surface area contributed by atoms with Gasteiger partial charge in [0.05, 0.1) is 6.04 Å². The van der Waals surface area contributed by atoms with Gasteiger partial charge in [-0.1, -0.05) is 78.4 Å². The molecule has 1 aliphatic heterocycles. The first-order valence-corrected chi connectivity index (χ1v) is 8.25. The highest BCUT2D eigenvalue weighted by Crippen LogP contribution is 2.48. The van der Waals surface area contributed by atoms with Gasteiger partial charge in [0, 0.05) is 11.3 Å². The molecule has 3 aromatic carbocycles. The summed E-state index contributed by atoms with van der Waals surface area (Å²) in [4.78, 5) is 15.2. The smallest absolute Gasteiger partial charge is 0.187 e. The lowest BCUT2D eigenvalue weighted by molar-refractivity contribution is 0.0990. The molecule has 3 aromatic rings. The molecule has 1 aliphatic rings. The quantitative estimate of drug-likeness (QED) is 0.509. The molecule has 2 heteroatoms. The minimum absolute atomic E-state index is 0.113. The third-order valence-corrected chi connectivity index (χ3v) is 4.61. The summed E-state index contributed by atoms with van der Waals surface area (Å²) in [5, 5.41) is 0. The summed E-state index contributed by atoms with van der Waals surface area (Å²) in [6.07, 6.45) is 0. The molecule has 0 N–H and O–H groups in total. The number of para-hydroxylation sites is 1. The number of ketones is 1. The van der Waals surface area contributed by atoms with Crippen LogP contribution in [0.15, 0.2) is 84.9 Å². The predicted octanol–water partition coefficient (Wildman–Crippen LogP) is 4.81. The van der Waals surface area contributed by atoms with Gasteiger partial charge < -0.3 is 4.90 Å². The molecule has 0 radical (unpaired) electrons. The van der Waals surface area contributed by atoms with Gasteiger partial charge in [0.25, 0.3) is 0 Å². The Morgan fingerprint density at radius 3 is 2.00 bits per heavy atom. The lowest BCUT2D eigenvalue weighted by Gasteiger charge is -2.06. The van der Waals surface area contributed by atoms with Crippen molar-refractivity contribution in [2.75, 3.05) is 4.90 Å². The number of Topliss-reactive ketones (excluding diaryl/α,β-unsaturated/α-hetero) is 1. The van der Waals surface area contributed by atoms with Gasteiger partial charge in [0.1, 0.15) is 6.04 Å². The van der Waals surface area contributed by atoms with E-state index in [2.05, 4.69) is 29.2 Å². The Morgan fingerprint density at radius 2 is 1.38 bits per heavy atom. The Labute approximate surface area is 142 Å². The van der Waals surface area contributed by atoms with E-state index in [0.29, 0.717) is 0 Å². The van der Waals surface area contributed by atoms with E-state index in [-0.39, 0.29) is 17.9 Å². The number of nitrogens with zero attached hydrogens (tertiary/aromatic N) is 1. The van der Waals surface area contributed by atoms with Crippen molar-refractivity contribution in [1.82, 2.24) is 0 Å². The normalized spacial score (nSPS) is 19.1. The van der Waals surface area contributed by atoms with Crippen LogP contribution in [-0.2, 0) is 0 Å². The fourth-order valence-corrected chi connectivity index (χ4v) is 3.30. The first-order valence-electron chi connectivity index (χ1n) is 8.25. The molecule has 0 aromatic heterocycles. The largest absolute Gasteiger partial charge is 0.349 e. The maximum absolute atomic E-state index is 13.0. The van der Waals surface area contributed by atoms with Crippen molar-refractivity contribution in [2.24, 2.45) is 0 Å². The van der Waals surface area contributed by atoms with Gasteiger partial charge in [-0.2, -0.15) is 0 Å². The Balaban J connectivity index is 1.69. The molecule has 24 heavy (non-hydrogen) atoms. The van der Waals surface area contributed by atoms with Crippen LogP contribution >= 0.6 is 0 Å². The highest BCUT2D eigenvalue weighted by Gasteiger charge is 2.53. The van der Waals surface area contributed by atoms with E-state index in [1.54, 1.807) is 0 Å². The minimum atomic E-state index is -0.127. The summed E-state index contributed by atoms with van der Waals surface area (Å²) >= 11 is 0. The molecule has 4 rings (SSSR count). The SMILES string of the molecule is Cc1ccc(C(=O)[C@H]2[C@H](c3ccccc3)N2c2ccccc2)cc1. The minimum Gasteiger partial charge on any atom is -0.349 e. The van der Waals surface area contributed by atoms with Crippen molar-refractivity contribution in [2.45, 2.75) is 19.0 Å². The number of aryl methyl sites for hydroxylation is 1. The van der Waals surface area contributed by atoms with Crippen LogP contribution in [-0.4, -0.2) is 11.8 Å². The van der Waals surface area contributed by atoms with Gasteiger partial charge in [-0.3, -0.25) is 4.79 Å². The summed E-state index contributed by atoms with van der Waals surface area (Å²) in [6, 6.07) is 28.3. The molecule has 2 atom stereocenters. The zero-order chi connectivity index (χ0) is 16.5. The second kappa shape index (κ2) is 5.97. The average Bonchev–Trinajstić information content (AvgIpc) is 3.39. The molecule has 1 heterocycles. The van der Waals surface area contributed by atoms with Crippen LogP contribution in [0.4, 0.5) is 5.69 Å². The number of anilines is 1. The number of benzene rings is 3. The molecule has 0 aliphatic carbocycles. The Bertz CT molecular complexity index is 795. The molecular weight excluding hydrogens is 294 g/mol. The van der Waals surface area contributed by atoms with Crippen LogP contribution in [0, 0.1) is 6.92 Å². The predicted molar refractivity (Wildman–Crippen MR) is 97.4 cm³/mol. The van der Waals surface area contributed by atoms with E-state index in [1.165, 1.54) is 11.1 Å². The van der Waals surface area contributed by atoms with Crippen molar-refractivity contribution >= 4 is 11.5 Å². The Kier molecular flexibility index (Phi) is 3.66. The maximum atomic E-state index is 13.0. The molecule has 0 bridgehead atoms. The molecule has 0 amide bonds. The zero-order valence-corrected chi connectivity index (χ0v) is 13.6. The lowest BCUT2D eigenvalue weighted by atomic mass is 10.0. The highest BCUT2D eigenvalue weighted by molar-refractivity contribution is 6.06. The van der Waals surface area contributed by atoms with Gasteiger partial charge >= 0.3 is 0 Å². The van der Waals surface area contributed by atoms with Crippen LogP contribution in [0.2, 0.25) is 0 Å². The van der Waals surface area contributed by atoms with E-state index < -0.39 is 0 Å². The number of rotatable bonds is 4. The van der Waals surface area contributed by atoms with Crippen molar-refractivity contribution in [3.63, 3.8) is 0 Å². The summed E-state index contributed by atoms with van der Waals surface area (Å²) in [6.45, 7) is 2.04. The van der Waals surface area contributed by atoms with Gasteiger partial charge in [-0.25, -0.2) is 0 Å². The second-order valence-electron chi connectivity index (χ2n) is 6.27. The fraction of sp³-hybridized carbons (Fsp3) is 0.136. The third-order valence-electron chi connectivity index (χ3n) is 4.61. The third kappa shape index (κ3) is 2.61. The molecule has 0 saturated carbocycles. The summed E-state index contributed by atoms with van der Waals surface area (Å²) in [5.74, 6) is 0.188. The van der Waals surface area contributed by atoms with Crippen molar-refractivity contribution in [3.8, 4) is 0 Å². The Morgan fingerprint density at radius 1 is 0.792 bits per heavy atom. The van der Waals surface area contributed by atoms with Gasteiger partial charge in [-0.15, -0.1) is 0 Å². The molecule has 0 unspecified atom stereocenters. The summed E-state index contributed by atoms with van der Waals surface area (Å²) in [7, 11) is 0. The van der Waals surface area contributed by atoms with E-state index in [9.17, 15) is 4.79 Å². The zero-order valence-electron chi connectivity index (χ0n) is 13.6. The molecule has 118 valence electrons. The fourth-order valence-electron chi connectivity index (χ4n) is 3.30. The van der Waals surface area contributed by atoms with E-state index >= 15 is 0 Å². The van der Waals surface area contributed by atoms with Crippen molar-refractivity contribution in [3.05, 3.63) is 102 Å². The molecule has 1 saturated heterocycles. The van der Waals surface area contributed by atoms with Gasteiger partial charge in [0.15, 0.2) is 5.78 Å². The molecule has 2 nitrogen and oxygen atoms in total. The first-order chi connectivity index (χ1) is 11.8. The standard InChI is InChI=1S/C22H19NO/c1-16-12-14-18(15-13-16)22(24)21-20(17-8-4-2-5-9-17)23(21)19-10-6-3-7-11-19/h2-15,20-21H,1H3/t20-,21+,23?/m0/s1. The van der Waals surface area contributed by atoms with Gasteiger partial charge in [0.2, 0.25) is 0 Å². The topological polar surface area (TPSA) is 20.1 Å². The monoisotopic (exact) mass is 313 g/mol. The number of carbonyl (C=O) groups is 1. The summed E-state index contributed by atoms with van der Waals surface area (Å²) in [5.41, 5.74) is 4.23. The number of carbonyl (C=O) groups excluding carboxylic acids is 1. The van der Waals surface area contributed by atoms with Crippen LogP contribution < -0.4 is 4.90 Å². The lowest BCUT2D eigenvalue weighted by Crippen LogP contribution is -2.12. The second-order valence-corrected chi connectivity index (χ2v) is 6.27. The van der Waals surface area contributed by atoms with Crippen LogP contribution in [0.25, 0.3) is 0 Å². The summed E-state index contributed by atoms with van der Waals surface area (Å²) < 4.78 is 0.